The molecule has 2 bridgehead atoms. The Kier molecular flexibility index (Phi) is 3.86. The molecule has 0 saturated heterocycles. The number of fused-ring (bicyclic) bond motifs is 7. The number of benzene rings is 2. The SMILES string of the molecule is CC12CCC(C1)C1(C)Oc3ccc(C(=S)Nc4ccc(C(=O)O)c(O)c4)cc3C21C. The summed E-state index contributed by atoms with van der Waals surface area (Å²) >= 11 is 5.63. The van der Waals surface area contributed by atoms with Crippen molar-refractivity contribution in [2.75, 3.05) is 5.32 Å². The van der Waals surface area contributed by atoms with Crippen LogP contribution >= 0.6 is 12.2 Å². The summed E-state index contributed by atoms with van der Waals surface area (Å²) in [6.45, 7) is 7.01. The molecule has 1 aliphatic heterocycles. The van der Waals surface area contributed by atoms with Crippen molar-refractivity contribution in [2.45, 2.75) is 51.0 Å². The molecule has 2 fully saturated rings. The summed E-state index contributed by atoms with van der Waals surface area (Å²) in [5.41, 5.74) is 2.47. The number of nitrogens with one attached hydrogen (secondary N) is 1. The van der Waals surface area contributed by atoms with Gasteiger partial charge in [-0.2, -0.15) is 0 Å². The zero-order valence-electron chi connectivity index (χ0n) is 17.3. The van der Waals surface area contributed by atoms with Crippen molar-refractivity contribution >= 4 is 28.9 Å². The molecule has 4 atom stereocenters. The Morgan fingerprint density at radius 1 is 1.20 bits per heavy atom. The molecule has 2 saturated carbocycles. The second kappa shape index (κ2) is 5.97. The lowest BCUT2D eigenvalue weighted by Crippen LogP contribution is -2.54. The van der Waals surface area contributed by atoms with Gasteiger partial charge in [-0.1, -0.05) is 26.1 Å². The average molecular weight is 424 g/mol. The Morgan fingerprint density at radius 2 is 1.97 bits per heavy atom. The summed E-state index contributed by atoms with van der Waals surface area (Å²) < 4.78 is 6.57. The molecule has 2 aliphatic carbocycles. The first-order valence-corrected chi connectivity index (χ1v) is 10.7. The average Bonchev–Trinajstić information content (AvgIpc) is 3.25. The van der Waals surface area contributed by atoms with Gasteiger partial charge in [-0.25, -0.2) is 4.79 Å². The standard InChI is InChI=1S/C24H25NO4S/c1-22-9-8-14(12-22)24(3)23(22,2)17-10-13(4-7-19(17)29-24)20(30)25-15-5-6-16(21(27)28)18(26)11-15/h4-7,10-11,14,26H,8-9,12H2,1-3H3,(H,25,30)(H,27,28). The highest BCUT2D eigenvalue weighted by Gasteiger charge is 2.73. The van der Waals surface area contributed by atoms with E-state index in [1.54, 1.807) is 6.07 Å². The zero-order valence-corrected chi connectivity index (χ0v) is 18.1. The van der Waals surface area contributed by atoms with Gasteiger partial charge in [-0.3, -0.25) is 0 Å². The fourth-order valence-electron chi connectivity index (χ4n) is 6.32. The van der Waals surface area contributed by atoms with Crippen LogP contribution < -0.4 is 10.1 Å². The lowest BCUT2D eigenvalue weighted by atomic mass is 9.56. The third-order valence-electron chi connectivity index (χ3n) is 8.31. The number of carboxylic acid groups (broad SMARTS) is 1. The van der Waals surface area contributed by atoms with Gasteiger partial charge in [0.05, 0.1) is 0 Å². The number of carbonyl (C=O) groups is 1. The fourth-order valence-corrected chi connectivity index (χ4v) is 6.57. The van der Waals surface area contributed by atoms with Gasteiger partial charge in [0.2, 0.25) is 0 Å². The smallest absolute Gasteiger partial charge is 0.339 e. The maximum absolute atomic E-state index is 11.1. The topological polar surface area (TPSA) is 78.8 Å². The third kappa shape index (κ3) is 2.28. The molecule has 0 spiro atoms. The minimum absolute atomic E-state index is 0.0642. The molecule has 5 nitrogen and oxygen atoms in total. The van der Waals surface area contributed by atoms with Crippen LogP contribution in [0.3, 0.4) is 0 Å². The zero-order chi connectivity index (χ0) is 21.5. The summed E-state index contributed by atoms with van der Waals surface area (Å²) in [7, 11) is 0. The lowest BCUT2D eigenvalue weighted by molar-refractivity contribution is -0.0260. The summed E-state index contributed by atoms with van der Waals surface area (Å²) in [5, 5.41) is 22.1. The van der Waals surface area contributed by atoms with Gasteiger partial charge in [0.15, 0.2) is 0 Å². The van der Waals surface area contributed by atoms with Crippen molar-refractivity contribution < 1.29 is 19.7 Å². The number of rotatable bonds is 3. The molecule has 30 heavy (non-hydrogen) atoms. The molecule has 156 valence electrons. The quantitative estimate of drug-likeness (QED) is 0.596. The van der Waals surface area contributed by atoms with E-state index >= 15 is 0 Å². The Labute approximate surface area is 181 Å². The maximum Gasteiger partial charge on any atom is 0.339 e. The molecule has 1 heterocycles. The van der Waals surface area contributed by atoms with Crippen molar-refractivity contribution in [1.29, 1.82) is 0 Å². The molecule has 3 N–H and O–H groups in total. The van der Waals surface area contributed by atoms with E-state index in [-0.39, 0.29) is 27.7 Å². The highest BCUT2D eigenvalue weighted by atomic mass is 32.1. The number of aromatic carboxylic acids is 1. The molecule has 0 aromatic heterocycles. The second-order valence-corrected chi connectivity index (χ2v) is 9.94. The van der Waals surface area contributed by atoms with Crippen molar-refractivity contribution in [3.05, 3.63) is 53.1 Å². The third-order valence-corrected chi connectivity index (χ3v) is 8.65. The van der Waals surface area contributed by atoms with Crippen molar-refractivity contribution in [3.8, 4) is 11.5 Å². The van der Waals surface area contributed by atoms with Crippen LogP contribution in [0.15, 0.2) is 36.4 Å². The predicted molar refractivity (Wildman–Crippen MR) is 119 cm³/mol. The fraction of sp³-hybridized carbons (Fsp3) is 0.417. The van der Waals surface area contributed by atoms with E-state index in [0.717, 1.165) is 11.3 Å². The first-order valence-electron chi connectivity index (χ1n) is 10.3. The van der Waals surface area contributed by atoms with Crippen LogP contribution in [-0.2, 0) is 5.41 Å². The van der Waals surface area contributed by atoms with Gasteiger partial charge in [-0.15, -0.1) is 0 Å². The van der Waals surface area contributed by atoms with Gasteiger partial charge in [-0.05, 0) is 67.9 Å². The van der Waals surface area contributed by atoms with E-state index in [0.29, 0.717) is 16.6 Å². The molecule has 2 aromatic rings. The van der Waals surface area contributed by atoms with Crippen molar-refractivity contribution in [1.82, 2.24) is 0 Å². The molecular weight excluding hydrogens is 398 g/mol. The molecule has 6 heteroatoms. The number of anilines is 1. The van der Waals surface area contributed by atoms with E-state index < -0.39 is 5.97 Å². The Bertz CT molecular complexity index is 1110. The first kappa shape index (κ1) is 19.4. The molecule has 0 amide bonds. The number of ether oxygens (including phenoxy) is 1. The number of carboxylic acids is 1. The predicted octanol–water partition coefficient (Wildman–Crippen LogP) is 5.11. The molecular formula is C24H25NO4S. The van der Waals surface area contributed by atoms with E-state index in [2.05, 4.69) is 32.2 Å². The summed E-state index contributed by atoms with van der Waals surface area (Å²) in [6.07, 6.45) is 3.63. The van der Waals surface area contributed by atoms with Crippen LogP contribution in [0, 0.1) is 11.3 Å². The van der Waals surface area contributed by atoms with Crippen LogP contribution in [0.25, 0.3) is 0 Å². The van der Waals surface area contributed by atoms with Crippen molar-refractivity contribution in [2.24, 2.45) is 11.3 Å². The lowest BCUT2D eigenvalue weighted by Gasteiger charge is -2.48. The number of thiocarbonyl (C=S) groups is 1. The Hall–Kier alpha value is -2.60. The monoisotopic (exact) mass is 423 g/mol. The van der Waals surface area contributed by atoms with Crippen LogP contribution in [0.5, 0.6) is 11.5 Å². The normalized spacial score (nSPS) is 33.0. The summed E-state index contributed by atoms with van der Waals surface area (Å²) in [5.74, 6) is 0.0590. The van der Waals surface area contributed by atoms with Gasteiger partial charge in [0.25, 0.3) is 0 Å². The molecule has 4 unspecified atom stereocenters. The highest BCUT2D eigenvalue weighted by molar-refractivity contribution is 7.81. The van der Waals surface area contributed by atoms with Gasteiger partial charge < -0.3 is 20.3 Å². The number of phenols is 1. The first-order chi connectivity index (χ1) is 14.1. The summed E-state index contributed by atoms with van der Waals surface area (Å²) in [6, 6.07) is 10.5. The minimum atomic E-state index is -1.17. The molecule has 2 aromatic carbocycles. The van der Waals surface area contributed by atoms with E-state index in [4.69, 9.17) is 22.1 Å². The Morgan fingerprint density at radius 3 is 2.67 bits per heavy atom. The second-order valence-electron chi connectivity index (χ2n) is 9.54. The molecule has 5 rings (SSSR count). The Balaban J connectivity index is 1.47. The van der Waals surface area contributed by atoms with Gasteiger partial charge >= 0.3 is 5.97 Å². The minimum Gasteiger partial charge on any atom is -0.507 e. The number of hydrogen-bond donors (Lipinski definition) is 3. The van der Waals surface area contributed by atoms with Crippen LogP contribution in [0.1, 0.15) is 61.5 Å². The van der Waals surface area contributed by atoms with Crippen molar-refractivity contribution in [3.63, 3.8) is 0 Å². The number of hydrogen-bond acceptors (Lipinski definition) is 4. The van der Waals surface area contributed by atoms with Gasteiger partial charge in [0.1, 0.15) is 27.7 Å². The molecule has 3 aliphatic rings. The van der Waals surface area contributed by atoms with Crippen LogP contribution in [0.2, 0.25) is 0 Å². The van der Waals surface area contributed by atoms with Gasteiger partial charge in [0, 0.05) is 28.3 Å². The molecule has 0 radical (unpaired) electrons. The largest absolute Gasteiger partial charge is 0.507 e. The highest BCUT2D eigenvalue weighted by Crippen LogP contribution is 2.73. The van der Waals surface area contributed by atoms with Crippen LogP contribution in [0.4, 0.5) is 5.69 Å². The van der Waals surface area contributed by atoms with E-state index in [1.165, 1.54) is 37.0 Å². The number of aromatic hydroxyl groups is 1. The maximum atomic E-state index is 11.1. The van der Waals surface area contributed by atoms with E-state index in [1.807, 2.05) is 12.1 Å². The summed E-state index contributed by atoms with van der Waals surface area (Å²) in [4.78, 5) is 11.6. The van der Waals surface area contributed by atoms with E-state index in [9.17, 15) is 9.90 Å². The van der Waals surface area contributed by atoms with Crippen LogP contribution in [-0.4, -0.2) is 26.8 Å².